The third kappa shape index (κ3) is 2.43. The lowest BCUT2D eigenvalue weighted by molar-refractivity contribution is 0.439. The molecule has 0 saturated carbocycles. The average molecular weight is 312 g/mol. The molecule has 0 saturated heterocycles. The first-order valence-corrected chi connectivity index (χ1v) is 7.94. The van der Waals surface area contributed by atoms with Crippen LogP contribution in [0.5, 0.6) is 0 Å². The molecule has 1 aliphatic rings. The molecule has 0 unspecified atom stereocenters. The summed E-state index contributed by atoms with van der Waals surface area (Å²) in [7, 11) is 1.88. The molecule has 1 N–H and O–H groups in total. The average Bonchev–Trinajstić information content (AvgIpc) is 3.12. The highest BCUT2D eigenvalue weighted by atomic mass is 15.4. The van der Waals surface area contributed by atoms with Crippen LogP contribution in [0.15, 0.2) is 12.5 Å². The van der Waals surface area contributed by atoms with Gasteiger partial charge in [0.1, 0.15) is 18.0 Å². The van der Waals surface area contributed by atoms with Crippen molar-refractivity contribution in [1.29, 1.82) is 0 Å². The van der Waals surface area contributed by atoms with Gasteiger partial charge in [-0.1, -0.05) is 13.8 Å². The van der Waals surface area contributed by atoms with Crippen molar-refractivity contribution < 1.29 is 0 Å². The first-order chi connectivity index (χ1) is 11.1. The molecule has 120 valence electrons. The van der Waals surface area contributed by atoms with Crippen molar-refractivity contribution in [2.24, 2.45) is 7.05 Å². The summed E-state index contributed by atoms with van der Waals surface area (Å²) in [5.41, 5.74) is 0.835. The number of fused-ring (bicyclic) bond motifs is 2. The maximum atomic E-state index is 4.63. The Labute approximate surface area is 134 Å². The Morgan fingerprint density at radius 1 is 1.30 bits per heavy atom. The van der Waals surface area contributed by atoms with Crippen LogP contribution in [0.3, 0.4) is 0 Å². The van der Waals surface area contributed by atoms with E-state index in [4.69, 9.17) is 0 Å². The second-order valence-corrected chi connectivity index (χ2v) is 6.33. The molecule has 4 rings (SSSR count). The van der Waals surface area contributed by atoms with E-state index in [1.54, 1.807) is 17.2 Å². The van der Waals surface area contributed by atoms with Gasteiger partial charge in [-0.3, -0.25) is 4.68 Å². The van der Waals surface area contributed by atoms with E-state index in [9.17, 15) is 0 Å². The van der Waals surface area contributed by atoms with Crippen molar-refractivity contribution in [3.05, 3.63) is 24.2 Å². The first-order valence-electron chi connectivity index (χ1n) is 7.94. The molecule has 1 atom stereocenters. The van der Waals surface area contributed by atoms with Crippen LogP contribution in [0.4, 0.5) is 5.82 Å². The summed E-state index contributed by atoms with van der Waals surface area (Å²) in [5, 5.41) is 13.3. The summed E-state index contributed by atoms with van der Waals surface area (Å²) in [4.78, 5) is 13.3. The summed E-state index contributed by atoms with van der Waals surface area (Å²) >= 11 is 0. The van der Waals surface area contributed by atoms with Crippen molar-refractivity contribution in [2.75, 3.05) is 5.32 Å². The number of nitrogens with zero attached hydrogens (tertiary/aromatic N) is 7. The van der Waals surface area contributed by atoms with Gasteiger partial charge < -0.3 is 5.32 Å². The molecule has 0 bridgehead atoms. The molecule has 3 aromatic rings. The largest absolute Gasteiger partial charge is 0.365 e. The predicted octanol–water partition coefficient (Wildman–Crippen LogP) is 1.51. The summed E-state index contributed by atoms with van der Waals surface area (Å²) in [6.45, 7) is 5.05. The second-order valence-electron chi connectivity index (χ2n) is 6.33. The van der Waals surface area contributed by atoms with Gasteiger partial charge in [0, 0.05) is 25.4 Å². The smallest absolute Gasteiger partial charge is 0.163 e. The number of hydrogen-bond donors (Lipinski definition) is 1. The van der Waals surface area contributed by atoms with Crippen LogP contribution in [0.2, 0.25) is 0 Å². The second kappa shape index (κ2) is 5.29. The van der Waals surface area contributed by atoms with Crippen LogP contribution < -0.4 is 5.32 Å². The number of nitrogens with one attached hydrogen (secondary N) is 1. The zero-order valence-electron chi connectivity index (χ0n) is 13.6. The fourth-order valence-electron chi connectivity index (χ4n) is 2.96. The minimum Gasteiger partial charge on any atom is -0.365 e. The van der Waals surface area contributed by atoms with E-state index < -0.39 is 0 Å². The van der Waals surface area contributed by atoms with Gasteiger partial charge in [-0.25, -0.2) is 19.6 Å². The molecule has 23 heavy (non-hydrogen) atoms. The standard InChI is InChI=1S/C15H20N8/c1-9(2)13-20-12-5-4-10(7-23(12)21-13)19-14-11-6-18-22(3)15(11)17-8-16-14/h6,8-10H,4-5,7H2,1-3H3,(H,16,17,19)/t10-/m1/s1. The Kier molecular flexibility index (Phi) is 3.24. The maximum Gasteiger partial charge on any atom is 0.163 e. The Hall–Kier alpha value is -2.51. The Morgan fingerprint density at radius 2 is 2.17 bits per heavy atom. The van der Waals surface area contributed by atoms with Crippen LogP contribution in [-0.2, 0) is 20.0 Å². The van der Waals surface area contributed by atoms with Crippen molar-refractivity contribution in [3.8, 4) is 0 Å². The highest BCUT2D eigenvalue weighted by molar-refractivity contribution is 5.86. The van der Waals surface area contributed by atoms with E-state index in [0.29, 0.717) is 5.92 Å². The molecule has 4 heterocycles. The monoisotopic (exact) mass is 312 g/mol. The molecular weight excluding hydrogens is 292 g/mol. The maximum absolute atomic E-state index is 4.63. The Bertz CT molecular complexity index is 846. The van der Waals surface area contributed by atoms with Crippen molar-refractivity contribution in [2.45, 2.75) is 45.2 Å². The number of rotatable bonds is 3. The highest BCUT2D eigenvalue weighted by Gasteiger charge is 2.23. The van der Waals surface area contributed by atoms with Gasteiger partial charge in [0.25, 0.3) is 0 Å². The number of hydrogen-bond acceptors (Lipinski definition) is 6. The first kappa shape index (κ1) is 14.1. The predicted molar refractivity (Wildman–Crippen MR) is 86.1 cm³/mol. The SMILES string of the molecule is CC(C)c1nc2n(n1)C[C@H](Nc1ncnc3c1cnn3C)CC2. The van der Waals surface area contributed by atoms with Crippen LogP contribution in [0, 0.1) is 0 Å². The van der Waals surface area contributed by atoms with Crippen molar-refractivity contribution in [1.82, 2.24) is 34.5 Å². The van der Waals surface area contributed by atoms with Gasteiger partial charge in [0.05, 0.1) is 18.1 Å². The van der Waals surface area contributed by atoms with Crippen LogP contribution in [-0.4, -0.2) is 40.6 Å². The minimum absolute atomic E-state index is 0.280. The number of aryl methyl sites for hydroxylation is 2. The molecule has 0 aromatic carbocycles. The van der Waals surface area contributed by atoms with Crippen LogP contribution >= 0.6 is 0 Å². The summed E-state index contributed by atoms with van der Waals surface area (Å²) in [6, 6.07) is 0.280. The van der Waals surface area contributed by atoms with E-state index in [1.807, 2.05) is 11.7 Å². The molecule has 8 nitrogen and oxygen atoms in total. The molecular formula is C15H20N8. The van der Waals surface area contributed by atoms with E-state index >= 15 is 0 Å². The van der Waals surface area contributed by atoms with Gasteiger partial charge in [-0.2, -0.15) is 10.2 Å². The van der Waals surface area contributed by atoms with E-state index in [-0.39, 0.29) is 6.04 Å². The van der Waals surface area contributed by atoms with E-state index in [1.165, 1.54) is 0 Å². The molecule has 0 fully saturated rings. The van der Waals surface area contributed by atoms with E-state index in [2.05, 4.69) is 44.3 Å². The molecule has 0 aliphatic carbocycles. The topological polar surface area (TPSA) is 86.3 Å². The lowest BCUT2D eigenvalue weighted by atomic mass is 10.1. The summed E-state index contributed by atoms with van der Waals surface area (Å²) in [5.74, 6) is 3.20. The zero-order valence-corrected chi connectivity index (χ0v) is 13.6. The number of anilines is 1. The molecule has 0 amide bonds. The molecule has 0 radical (unpaired) electrons. The lowest BCUT2D eigenvalue weighted by Crippen LogP contribution is -2.32. The summed E-state index contributed by atoms with van der Waals surface area (Å²) in [6.07, 6.45) is 5.33. The molecule has 1 aliphatic heterocycles. The molecule has 3 aromatic heterocycles. The highest BCUT2D eigenvalue weighted by Crippen LogP contribution is 2.22. The van der Waals surface area contributed by atoms with Gasteiger partial charge in [0.2, 0.25) is 0 Å². The number of aromatic nitrogens is 7. The van der Waals surface area contributed by atoms with Crippen molar-refractivity contribution in [3.63, 3.8) is 0 Å². The van der Waals surface area contributed by atoms with Gasteiger partial charge in [0.15, 0.2) is 11.5 Å². The normalized spacial score (nSPS) is 17.7. The van der Waals surface area contributed by atoms with Gasteiger partial charge in [-0.05, 0) is 6.42 Å². The minimum atomic E-state index is 0.280. The third-order valence-electron chi connectivity index (χ3n) is 4.26. The van der Waals surface area contributed by atoms with Gasteiger partial charge >= 0.3 is 0 Å². The molecule has 0 spiro atoms. The van der Waals surface area contributed by atoms with E-state index in [0.717, 1.165) is 47.9 Å². The zero-order chi connectivity index (χ0) is 16.0. The lowest BCUT2D eigenvalue weighted by Gasteiger charge is -2.24. The third-order valence-corrected chi connectivity index (χ3v) is 4.26. The van der Waals surface area contributed by atoms with Crippen LogP contribution in [0.1, 0.15) is 37.8 Å². The Balaban J connectivity index is 1.57. The van der Waals surface area contributed by atoms with Gasteiger partial charge in [-0.15, -0.1) is 0 Å². The van der Waals surface area contributed by atoms with Crippen molar-refractivity contribution >= 4 is 16.9 Å². The fourth-order valence-corrected chi connectivity index (χ4v) is 2.96. The quantitative estimate of drug-likeness (QED) is 0.789. The fraction of sp³-hybridized carbons (Fsp3) is 0.533. The summed E-state index contributed by atoms with van der Waals surface area (Å²) < 4.78 is 3.78. The molecule has 8 heteroatoms. The Morgan fingerprint density at radius 3 is 3.00 bits per heavy atom. The van der Waals surface area contributed by atoms with Crippen LogP contribution in [0.25, 0.3) is 11.0 Å².